The molecule has 1 fully saturated rings. The summed E-state index contributed by atoms with van der Waals surface area (Å²) in [6.45, 7) is 9.58. The molecule has 1 aliphatic heterocycles. The van der Waals surface area contributed by atoms with Crippen LogP contribution in [0.1, 0.15) is 12.8 Å². The summed E-state index contributed by atoms with van der Waals surface area (Å²) in [5.74, 6) is 0.287. The Labute approximate surface area is 180 Å². The normalized spacial score (nSPS) is 15.7. The first-order valence-corrected chi connectivity index (χ1v) is 14.4. The van der Waals surface area contributed by atoms with Crippen molar-refractivity contribution in [2.45, 2.75) is 51.3 Å². The molecule has 0 aromatic carbocycles. The molecule has 0 aliphatic carbocycles. The largest absolute Gasteiger partial charge is 0.414 e. The molecule has 1 N–H and O–H groups in total. The van der Waals surface area contributed by atoms with E-state index < -0.39 is 14.2 Å². The van der Waals surface area contributed by atoms with E-state index in [9.17, 15) is 4.79 Å². The van der Waals surface area contributed by atoms with E-state index in [1.807, 2.05) is 0 Å². The molecular weight excluding hydrogens is 489 g/mol. The Kier molecular flexibility index (Phi) is 7.34. The van der Waals surface area contributed by atoms with Gasteiger partial charge in [-0.15, -0.1) is 0 Å². The van der Waals surface area contributed by atoms with Crippen molar-refractivity contribution >= 4 is 47.7 Å². The summed E-state index contributed by atoms with van der Waals surface area (Å²) in [4.78, 5) is 16.4. The number of aromatic nitrogens is 2. The third-order valence-corrected chi connectivity index (χ3v) is 7.27. The third-order valence-electron chi connectivity index (χ3n) is 4.67. The predicted molar refractivity (Wildman–Crippen MR) is 120 cm³/mol. The van der Waals surface area contributed by atoms with Crippen molar-refractivity contribution in [3.63, 3.8) is 0 Å². The number of nitrogens with one attached hydrogen (secondary N) is 1. The quantitative estimate of drug-likeness (QED) is 0.338. The molecule has 0 spiro atoms. The zero-order chi connectivity index (χ0) is 20.1. The van der Waals surface area contributed by atoms with Crippen LogP contribution in [0.15, 0.2) is 18.3 Å². The maximum atomic E-state index is 12.2. The molecule has 1 aliphatic rings. The Hall–Kier alpha value is -1.17. The summed E-state index contributed by atoms with van der Waals surface area (Å²) in [7, 11) is -1.11. The third kappa shape index (κ3) is 6.16. The average molecular weight is 517 g/mol. The molecule has 0 saturated carbocycles. The Morgan fingerprint density at radius 1 is 1.36 bits per heavy atom. The van der Waals surface area contributed by atoms with Crippen molar-refractivity contribution in [2.24, 2.45) is 0 Å². The molecule has 1 amide bonds. The highest BCUT2D eigenvalue weighted by atomic mass is 127. The van der Waals surface area contributed by atoms with Gasteiger partial charge in [0.05, 0.1) is 9.22 Å². The Balaban J connectivity index is 1.63. The summed E-state index contributed by atoms with van der Waals surface area (Å²) in [6.07, 6.45) is 2.86. The highest BCUT2D eigenvalue weighted by Crippen LogP contribution is 2.24. The minimum absolute atomic E-state index is 0.0922. The molecular formula is C19H28IN3O4Si. The van der Waals surface area contributed by atoms with Crippen LogP contribution >= 0.6 is 22.6 Å². The summed E-state index contributed by atoms with van der Waals surface area (Å²) < 4.78 is 19.8. The number of fused-ring (bicyclic) bond motifs is 1. The molecule has 9 heteroatoms. The highest BCUT2D eigenvalue weighted by Gasteiger charge is 2.18. The first kappa shape index (κ1) is 21.5. The van der Waals surface area contributed by atoms with E-state index in [4.69, 9.17) is 14.2 Å². The number of halogens is 1. The molecule has 154 valence electrons. The molecule has 0 unspecified atom stereocenters. The number of hydrogen-bond acceptors (Lipinski definition) is 5. The molecule has 1 saturated heterocycles. The highest BCUT2D eigenvalue weighted by molar-refractivity contribution is 14.1. The number of amides is 1. The molecule has 2 aromatic rings. The summed E-state index contributed by atoms with van der Waals surface area (Å²) in [5.41, 5.74) is 0.946. The first-order valence-electron chi connectivity index (χ1n) is 9.60. The summed E-state index contributed by atoms with van der Waals surface area (Å²) in [6, 6.07) is 5.07. The van der Waals surface area contributed by atoms with Crippen LogP contribution in [-0.2, 0) is 16.2 Å². The van der Waals surface area contributed by atoms with E-state index in [-0.39, 0.29) is 11.9 Å². The first-order chi connectivity index (χ1) is 13.3. The summed E-state index contributed by atoms with van der Waals surface area (Å²) in [5, 5.41) is 3.88. The van der Waals surface area contributed by atoms with Crippen LogP contribution < -0.4 is 10.1 Å². The van der Waals surface area contributed by atoms with Gasteiger partial charge < -0.3 is 24.1 Å². The monoisotopic (exact) mass is 517 g/mol. The number of rotatable bonds is 7. The zero-order valence-corrected chi connectivity index (χ0v) is 19.8. The standard InChI is InChI=1S/C19H28IN3O4Si/c1-28(2,3)9-8-26-13-23-16-11-18(21-12-14(16)10-17(23)20)27-19(24)22-15-4-6-25-7-5-15/h10-12,15H,4-9,13H2,1-3H3,(H,22,24). The van der Waals surface area contributed by atoms with Gasteiger partial charge in [-0.3, -0.25) is 0 Å². The van der Waals surface area contributed by atoms with Crippen molar-refractivity contribution in [3.05, 3.63) is 22.0 Å². The van der Waals surface area contributed by atoms with Crippen LogP contribution in [0.2, 0.25) is 25.7 Å². The number of nitrogens with zero attached hydrogens (tertiary/aromatic N) is 2. The Morgan fingerprint density at radius 3 is 2.82 bits per heavy atom. The second-order valence-electron chi connectivity index (χ2n) is 8.24. The van der Waals surface area contributed by atoms with Crippen LogP contribution in [0.3, 0.4) is 0 Å². The second kappa shape index (κ2) is 9.55. The number of carbonyl (C=O) groups is 1. The lowest BCUT2D eigenvalue weighted by Crippen LogP contribution is -2.40. The van der Waals surface area contributed by atoms with Crippen molar-refractivity contribution in [1.82, 2.24) is 14.9 Å². The van der Waals surface area contributed by atoms with Gasteiger partial charge in [-0.25, -0.2) is 9.78 Å². The molecule has 0 radical (unpaired) electrons. The van der Waals surface area contributed by atoms with Crippen molar-refractivity contribution in [1.29, 1.82) is 0 Å². The lowest BCUT2D eigenvalue weighted by molar-refractivity contribution is 0.0777. The van der Waals surface area contributed by atoms with Gasteiger partial charge in [-0.1, -0.05) is 19.6 Å². The lowest BCUT2D eigenvalue weighted by atomic mass is 10.1. The molecule has 7 nitrogen and oxygen atoms in total. The smallest absolute Gasteiger partial charge is 0.391 e. The fourth-order valence-corrected chi connectivity index (χ4v) is 4.45. The topological polar surface area (TPSA) is 74.6 Å². The zero-order valence-electron chi connectivity index (χ0n) is 16.7. The second-order valence-corrected chi connectivity index (χ2v) is 15.0. The number of ether oxygens (including phenoxy) is 3. The maximum absolute atomic E-state index is 12.2. The van der Waals surface area contributed by atoms with Crippen LogP contribution in [0, 0.1) is 3.70 Å². The molecule has 3 heterocycles. The Bertz CT molecular complexity index is 815. The minimum atomic E-state index is -1.11. The van der Waals surface area contributed by atoms with Gasteiger partial charge in [0.15, 0.2) is 0 Å². The molecule has 0 atom stereocenters. The van der Waals surface area contributed by atoms with Gasteiger partial charge in [-0.2, -0.15) is 0 Å². The van der Waals surface area contributed by atoms with Crippen LogP contribution in [-0.4, -0.2) is 49.6 Å². The fourth-order valence-electron chi connectivity index (χ4n) is 2.96. The van der Waals surface area contributed by atoms with E-state index in [0.717, 1.165) is 40.1 Å². The number of pyridine rings is 1. The van der Waals surface area contributed by atoms with E-state index in [0.29, 0.717) is 19.9 Å². The van der Waals surface area contributed by atoms with Gasteiger partial charge >= 0.3 is 6.09 Å². The molecule has 0 bridgehead atoms. The number of carbonyl (C=O) groups excluding carboxylic acids is 1. The minimum Gasteiger partial charge on any atom is -0.391 e. The predicted octanol–water partition coefficient (Wildman–Crippen LogP) is 4.22. The SMILES string of the molecule is C[Si](C)(C)CCOCn1c(I)cc2cnc(OC(=O)NC3CCOCC3)cc21. The lowest BCUT2D eigenvalue weighted by Gasteiger charge is -2.22. The van der Waals surface area contributed by atoms with E-state index in [1.165, 1.54) is 0 Å². The van der Waals surface area contributed by atoms with Crippen LogP contribution in [0.25, 0.3) is 10.9 Å². The molecule has 3 rings (SSSR count). The van der Waals surface area contributed by atoms with E-state index >= 15 is 0 Å². The molecule has 2 aromatic heterocycles. The van der Waals surface area contributed by atoms with Crippen LogP contribution in [0.5, 0.6) is 5.88 Å². The van der Waals surface area contributed by atoms with Crippen molar-refractivity contribution in [3.8, 4) is 5.88 Å². The average Bonchev–Trinajstić information content (AvgIpc) is 2.93. The van der Waals surface area contributed by atoms with Crippen LogP contribution in [0.4, 0.5) is 4.79 Å². The van der Waals surface area contributed by atoms with Crippen molar-refractivity contribution in [2.75, 3.05) is 19.8 Å². The fraction of sp³-hybridized carbons (Fsp3) is 0.579. The number of hydrogen-bond donors (Lipinski definition) is 1. The maximum Gasteiger partial charge on any atom is 0.414 e. The van der Waals surface area contributed by atoms with Gasteiger partial charge in [0.1, 0.15) is 6.73 Å². The van der Waals surface area contributed by atoms with Gasteiger partial charge in [0.25, 0.3) is 0 Å². The Morgan fingerprint density at radius 2 is 2.11 bits per heavy atom. The molecule has 28 heavy (non-hydrogen) atoms. The summed E-state index contributed by atoms with van der Waals surface area (Å²) >= 11 is 2.29. The van der Waals surface area contributed by atoms with E-state index in [1.54, 1.807) is 12.3 Å². The van der Waals surface area contributed by atoms with Crippen molar-refractivity contribution < 1.29 is 19.0 Å². The van der Waals surface area contributed by atoms with Gasteiger partial charge in [0.2, 0.25) is 5.88 Å². The van der Waals surface area contributed by atoms with Gasteiger partial charge in [-0.05, 0) is 47.5 Å². The van der Waals surface area contributed by atoms with E-state index in [2.05, 4.69) is 63.2 Å². The van der Waals surface area contributed by atoms with Gasteiger partial charge in [0, 0.05) is 51.6 Å².